The van der Waals surface area contributed by atoms with Gasteiger partial charge in [-0.3, -0.25) is 0 Å². The maximum Gasteiger partial charge on any atom is 0.244 e. The number of aromatic nitrogens is 3. The molecule has 0 bridgehead atoms. The minimum atomic E-state index is -3.61. The van der Waals surface area contributed by atoms with E-state index in [2.05, 4.69) is 14.8 Å². The highest BCUT2D eigenvalue weighted by atomic mass is 32.2. The largest absolute Gasteiger partial charge is 0.465 e. The first-order chi connectivity index (χ1) is 10.9. The second kappa shape index (κ2) is 6.06. The lowest BCUT2D eigenvalue weighted by molar-refractivity contribution is 0.177. The van der Waals surface area contributed by atoms with Crippen molar-refractivity contribution in [2.24, 2.45) is 0 Å². The average Bonchev–Trinajstić information content (AvgIpc) is 3.01. The summed E-state index contributed by atoms with van der Waals surface area (Å²) >= 11 is 0. The van der Waals surface area contributed by atoms with Crippen LogP contribution in [0.25, 0.3) is 0 Å². The summed E-state index contributed by atoms with van der Waals surface area (Å²) in [6.45, 7) is 4.19. The molecule has 9 heteroatoms. The number of nitrogens with zero attached hydrogens (tertiary/aromatic N) is 3. The van der Waals surface area contributed by atoms with Crippen LogP contribution >= 0.6 is 0 Å². The van der Waals surface area contributed by atoms with Crippen molar-refractivity contribution in [3.8, 4) is 0 Å². The molecule has 3 heterocycles. The van der Waals surface area contributed by atoms with Gasteiger partial charge in [0.25, 0.3) is 0 Å². The van der Waals surface area contributed by atoms with E-state index in [9.17, 15) is 8.42 Å². The van der Waals surface area contributed by atoms with Crippen LogP contribution < -0.4 is 4.72 Å². The van der Waals surface area contributed by atoms with E-state index in [-0.39, 0.29) is 10.9 Å². The summed E-state index contributed by atoms with van der Waals surface area (Å²) in [4.78, 5) is 4.58. The van der Waals surface area contributed by atoms with E-state index in [1.54, 1.807) is 25.6 Å². The molecule has 126 valence electrons. The lowest BCUT2D eigenvalue weighted by Gasteiger charge is -2.23. The summed E-state index contributed by atoms with van der Waals surface area (Å²) in [6.07, 6.45) is 1.35. The summed E-state index contributed by atoms with van der Waals surface area (Å²) in [6, 6.07) is 1.32. The van der Waals surface area contributed by atoms with Crippen molar-refractivity contribution < 1.29 is 17.6 Å². The molecular formula is C14H20N4O4S. The van der Waals surface area contributed by atoms with Gasteiger partial charge < -0.3 is 9.15 Å². The van der Waals surface area contributed by atoms with Gasteiger partial charge in [0.2, 0.25) is 10.0 Å². The highest BCUT2D eigenvalue weighted by Gasteiger charge is 2.28. The third kappa shape index (κ3) is 3.31. The van der Waals surface area contributed by atoms with Crippen molar-refractivity contribution in [1.29, 1.82) is 0 Å². The Labute approximate surface area is 134 Å². The van der Waals surface area contributed by atoms with Gasteiger partial charge in [-0.05, 0) is 26.3 Å². The van der Waals surface area contributed by atoms with Gasteiger partial charge in [0.05, 0.1) is 6.54 Å². The molecule has 0 spiro atoms. The Morgan fingerprint density at radius 2 is 2.26 bits per heavy atom. The first-order valence-corrected chi connectivity index (χ1v) is 8.88. The third-order valence-corrected chi connectivity index (χ3v) is 5.41. The smallest absolute Gasteiger partial charge is 0.244 e. The lowest BCUT2D eigenvalue weighted by Crippen LogP contribution is -2.41. The van der Waals surface area contributed by atoms with Crippen LogP contribution in [0.2, 0.25) is 0 Å². The van der Waals surface area contributed by atoms with Crippen LogP contribution in [0.4, 0.5) is 0 Å². The van der Waals surface area contributed by atoms with Crippen molar-refractivity contribution >= 4 is 10.0 Å². The number of rotatable bonds is 5. The first kappa shape index (κ1) is 16.2. The second-order valence-corrected chi connectivity index (χ2v) is 7.38. The topological polar surface area (TPSA) is 99.2 Å². The second-order valence-electron chi connectivity index (χ2n) is 5.69. The number of hydrogen-bond donors (Lipinski definition) is 1. The Kier molecular flexibility index (Phi) is 4.26. The molecule has 0 saturated carbocycles. The molecule has 0 fully saturated rings. The van der Waals surface area contributed by atoms with Crippen molar-refractivity contribution in [3.63, 3.8) is 0 Å². The zero-order valence-corrected chi connectivity index (χ0v) is 14.2. The molecule has 1 atom stereocenters. The van der Waals surface area contributed by atoms with Gasteiger partial charge in [-0.25, -0.2) is 22.8 Å². The van der Waals surface area contributed by atoms with Crippen molar-refractivity contribution in [3.05, 3.63) is 29.2 Å². The van der Waals surface area contributed by atoms with E-state index >= 15 is 0 Å². The molecule has 1 aliphatic rings. The molecular weight excluding hydrogens is 320 g/mol. The molecule has 0 radical (unpaired) electrons. The van der Waals surface area contributed by atoms with E-state index in [1.165, 1.54) is 6.07 Å². The van der Waals surface area contributed by atoms with Gasteiger partial charge in [-0.15, -0.1) is 0 Å². The summed E-state index contributed by atoms with van der Waals surface area (Å²) < 4.78 is 39.9. The SMILES string of the molecule is COCc1nc2n(n1)CC(NS(=O)(=O)c1cc(C)oc1C)CC2. The molecule has 0 aromatic carbocycles. The zero-order valence-electron chi connectivity index (χ0n) is 13.4. The minimum absolute atomic E-state index is 0.194. The predicted octanol–water partition coefficient (Wildman–Crippen LogP) is 0.928. The van der Waals surface area contributed by atoms with Crippen LogP contribution in [0.5, 0.6) is 0 Å². The lowest BCUT2D eigenvalue weighted by atomic mass is 10.1. The normalized spacial score (nSPS) is 18.1. The highest BCUT2D eigenvalue weighted by molar-refractivity contribution is 7.89. The fourth-order valence-electron chi connectivity index (χ4n) is 2.80. The van der Waals surface area contributed by atoms with Crippen LogP contribution in [0.1, 0.15) is 29.6 Å². The number of methoxy groups -OCH3 is 1. The van der Waals surface area contributed by atoms with Crippen LogP contribution in [0.15, 0.2) is 15.4 Å². The molecule has 1 N–H and O–H groups in total. The van der Waals surface area contributed by atoms with E-state index in [0.717, 1.165) is 5.82 Å². The Morgan fingerprint density at radius 1 is 1.48 bits per heavy atom. The summed E-state index contributed by atoms with van der Waals surface area (Å²) in [7, 11) is -2.02. The number of furan rings is 1. The molecule has 3 rings (SSSR count). The summed E-state index contributed by atoms with van der Waals surface area (Å²) in [5.41, 5.74) is 0. The molecule has 0 aliphatic carbocycles. The fraction of sp³-hybridized carbons (Fsp3) is 0.571. The Morgan fingerprint density at radius 3 is 2.91 bits per heavy atom. The molecule has 1 aliphatic heterocycles. The van der Waals surface area contributed by atoms with Crippen molar-refractivity contribution in [2.45, 2.75) is 50.8 Å². The predicted molar refractivity (Wildman–Crippen MR) is 81.3 cm³/mol. The maximum absolute atomic E-state index is 12.5. The van der Waals surface area contributed by atoms with E-state index in [0.29, 0.717) is 43.3 Å². The maximum atomic E-state index is 12.5. The minimum Gasteiger partial charge on any atom is -0.465 e. The molecule has 23 heavy (non-hydrogen) atoms. The fourth-order valence-corrected chi connectivity index (χ4v) is 4.30. The number of nitrogens with one attached hydrogen (secondary N) is 1. The van der Waals surface area contributed by atoms with Crippen molar-refractivity contribution in [1.82, 2.24) is 19.5 Å². The summed E-state index contributed by atoms with van der Waals surface area (Å²) in [5, 5.41) is 4.34. The van der Waals surface area contributed by atoms with Crippen LogP contribution in [-0.2, 0) is 34.3 Å². The van der Waals surface area contributed by atoms with Gasteiger partial charge in [0.15, 0.2) is 5.82 Å². The molecule has 0 amide bonds. The third-order valence-electron chi connectivity index (χ3n) is 3.78. The Balaban J connectivity index is 1.75. The van der Waals surface area contributed by atoms with Gasteiger partial charge in [0, 0.05) is 19.6 Å². The number of fused-ring (bicyclic) bond motifs is 1. The monoisotopic (exact) mass is 340 g/mol. The zero-order chi connectivity index (χ0) is 16.6. The van der Waals surface area contributed by atoms with Gasteiger partial charge in [0.1, 0.15) is 28.8 Å². The van der Waals surface area contributed by atoms with E-state index in [1.807, 2.05) is 0 Å². The van der Waals surface area contributed by atoms with Crippen LogP contribution in [0, 0.1) is 13.8 Å². The van der Waals surface area contributed by atoms with Crippen molar-refractivity contribution in [2.75, 3.05) is 7.11 Å². The summed E-state index contributed by atoms with van der Waals surface area (Å²) in [5.74, 6) is 2.46. The van der Waals surface area contributed by atoms with Gasteiger partial charge in [-0.1, -0.05) is 0 Å². The number of hydrogen-bond acceptors (Lipinski definition) is 6. The molecule has 1 unspecified atom stereocenters. The highest BCUT2D eigenvalue weighted by Crippen LogP contribution is 2.21. The standard InChI is InChI=1S/C14H20N4O4S/c1-9-6-12(10(2)22-9)23(19,20)17-11-4-5-14-15-13(8-21-3)16-18(14)7-11/h6,11,17H,4-5,7-8H2,1-3H3. The van der Waals surface area contributed by atoms with Crippen LogP contribution in [-0.4, -0.2) is 36.3 Å². The van der Waals surface area contributed by atoms with Gasteiger partial charge in [-0.2, -0.15) is 5.10 Å². The average molecular weight is 340 g/mol. The molecule has 0 saturated heterocycles. The number of sulfonamides is 1. The van der Waals surface area contributed by atoms with Crippen LogP contribution in [0.3, 0.4) is 0 Å². The molecule has 2 aromatic rings. The van der Waals surface area contributed by atoms with E-state index < -0.39 is 10.0 Å². The van der Waals surface area contributed by atoms with Gasteiger partial charge >= 0.3 is 0 Å². The quantitative estimate of drug-likeness (QED) is 0.869. The first-order valence-electron chi connectivity index (χ1n) is 7.40. The molecule has 2 aromatic heterocycles. The molecule has 8 nitrogen and oxygen atoms in total. The number of ether oxygens (including phenoxy) is 1. The Bertz CT molecular complexity index is 809. The van der Waals surface area contributed by atoms with E-state index in [4.69, 9.17) is 9.15 Å². The number of aryl methyl sites for hydroxylation is 3. The Hall–Kier alpha value is -1.71.